The van der Waals surface area contributed by atoms with E-state index in [9.17, 15) is 4.79 Å². The van der Waals surface area contributed by atoms with Crippen molar-refractivity contribution in [2.45, 2.75) is 6.92 Å². The summed E-state index contributed by atoms with van der Waals surface area (Å²) in [7, 11) is 8.04. The van der Waals surface area contributed by atoms with Crippen molar-refractivity contribution in [3.8, 4) is 34.1 Å². The third-order valence-electron chi connectivity index (χ3n) is 6.22. The fourth-order valence-electron chi connectivity index (χ4n) is 4.40. The molecule has 0 aliphatic carbocycles. The van der Waals surface area contributed by atoms with E-state index < -0.39 is 0 Å². The highest BCUT2D eigenvalue weighted by molar-refractivity contribution is 9.10. The predicted molar refractivity (Wildman–Crippen MR) is 147 cm³/mol. The van der Waals surface area contributed by atoms with Gasteiger partial charge >= 0.3 is 0 Å². The molecule has 0 bridgehead atoms. The first kappa shape index (κ1) is 25.4. The molecule has 0 aromatic heterocycles. The van der Waals surface area contributed by atoms with Gasteiger partial charge in [0, 0.05) is 22.5 Å². The van der Waals surface area contributed by atoms with E-state index in [0.29, 0.717) is 38.7 Å². The first-order valence-electron chi connectivity index (χ1n) is 11.3. The Kier molecular flexibility index (Phi) is 7.40. The highest BCUT2D eigenvalue weighted by Crippen LogP contribution is 2.46. The molecule has 0 saturated carbocycles. The van der Waals surface area contributed by atoms with Crippen molar-refractivity contribution < 1.29 is 23.7 Å². The van der Waals surface area contributed by atoms with Gasteiger partial charge in [0.15, 0.2) is 23.0 Å². The minimum Gasteiger partial charge on any atom is -0.493 e. The Morgan fingerprint density at radius 2 is 1.44 bits per heavy atom. The van der Waals surface area contributed by atoms with Crippen molar-refractivity contribution in [3.63, 3.8) is 0 Å². The number of methoxy groups -OCH3 is 4. The van der Waals surface area contributed by atoms with Gasteiger partial charge in [-0.15, -0.1) is 0 Å². The summed E-state index contributed by atoms with van der Waals surface area (Å²) in [4.78, 5) is 15.4. The molecule has 0 radical (unpaired) electrons. The van der Waals surface area contributed by atoms with Crippen LogP contribution in [0.5, 0.6) is 23.0 Å². The lowest BCUT2D eigenvalue weighted by Gasteiger charge is -2.24. The summed E-state index contributed by atoms with van der Waals surface area (Å²) in [5, 5.41) is 1.78. The zero-order valence-electron chi connectivity index (χ0n) is 21.1. The van der Waals surface area contributed by atoms with Crippen LogP contribution in [-0.2, 0) is 0 Å². The highest BCUT2D eigenvalue weighted by atomic mass is 79.9. The van der Waals surface area contributed by atoms with Crippen LogP contribution in [0, 0.1) is 6.92 Å². The number of hydrogen-bond donors (Lipinski definition) is 0. The van der Waals surface area contributed by atoms with Gasteiger partial charge < -0.3 is 23.8 Å². The second-order valence-electron chi connectivity index (χ2n) is 8.25. The van der Waals surface area contributed by atoms with E-state index in [4.69, 9.17) is 18.9 Å². The Bertz CT molecular complexity index is 1430. The lowest BCUT2D eigenvalue weighted by molar-refractivity contribution is 0.0989. The second kappa shape index (κ2) is 10.5. The number of fused-ring (bicyclic) bond motifs is 1. The number of anilines is 1. The molecular weight excluding hydrogens is 522 g/mol. The molecule has 7 heteroatoms. The summed E-state index contributed by atoms with van der Waals surface area (Å²) in [5.74, 6) is 1.80. The third kappa shape index (κ3) is 4.35. The minimum absolute atomic E-state index is 0.253. The summed E-state index contributed by atoms with van der Waals surface area (Å²) >= 11 is 3.51. The number of hydrogen-bond acceptors (Lipinski definition) is 5. The molecule has 36 heavy (non-hydrogen) atoms. The average molecular weight is 550 g/mol. The van der Waals surface area contributed by atoms with Gasteiger partial charge in [0.2, 0.25) is 0 Å². The molecule has 0 saturated heterocycles. The van der Waals surface area contributed by atoms with E-state index in [1.807, 2.05) is 31.2 Å². The van der Waals surface area contributed by atoms with Crippen LogP contribution in [0.15, 0.2) is 65.1 Å². The van der Waals surface area contributed by atoms with Crippen molar-refractivity contribution >= 4 is 38.3 Å². The Morgan fingerprint density at radius 3 is 2.06 bits per heavy atom. The van der Waals surface area contributed by atoms with E-state index in [0.717, 1.165) is 27.5 Å². The number of halogens is 1. The van der Waals surface area contributed by atoms with Gasteiger partial charge in [-0.1, -0.05) is 42.0 Å². The maximum absolute atomic E-state index is 13.8. The van der Waals surface area contributed by atoms with Crippen LogP contribution >= 0.6 is 15.9 Å². The Balaban J connectivity index is 1.96. The van der Waals surface area contributed by atoms with E-state index in [1.165, 1.54) is 7.11 Å². The molecule has 0 aliphatic heterocycles. The number of rotatable bonds is 7. The van der Waals surface area contributed by atoms with Crippen LogP contribution in [-0.4, -0.2) is 41.4 Å². The Hall–Kier alpha value is -3.71. The van der Waals surface area contributed by atoms with E-state index in [-0.39, 0.29) is 5.91 Å². The third-order valence-corrected chi connectivity index (χ3v) is 6.88. The number of carbonyl (C=O) groups excluding carboxylic acids is 1. The largest absolute Gasteiger partial charge is 0.493 e. The van der Waals surface area contributed by atoms with Crippen molar-refractivity contribution in [1.82, 2.24) is 0 Å². The SMILES string of the molecule is COc1ccc(Br)c(C(=O)N(C)c2cccc3c(-c4ccc(C)cc4)c(OC)c(OC)cc23)c1OC. The van der Waals surface area contributed by atoms with Crippen molar-refractivity contribution in [1.29, 1.82) is 0 Å². The van der Waals surface area contributed by atoms with E-state index >= 15 is 0 Å². The predicted octanol–water partition coefficient (Wildman–Crippen LogP) is 6.89. The second-order valence-corrected chi connectivity index (χ2v) is 9.10. The van der Waals surface area contributed by atoms with E-state index in [2.05, 4.69) is 40.2 Å². The van der Waals surface area contributed by atoms with Gasteiger partial charge in [0.25, 0.3) is 5.91 Å². The molecule has 0 unspecified atom stereocenters. The number of benzene rings is 4. The van der Waals surface area contributed by atoms with Crippen molar-refractivity contribution in [2.24, 2.45) is 0 Å². The Labute approximate surface area is 219 Å². The topological polar surface area (TPSA) is 57.2 Å². The average Bonchev–Trinajstić information content (AvgIpc) is 2.90. The Morgan fingerprint density at radius 1 is 0.778 bits per heavy atom. The number of amides is 1. The van der Waals surface area contributed by atoms with Crippen LogP contribution in [0.4, 0.5) is 5.69 Å². The van der Waals surface area contributed by atoms with Gasteiger partial charge in [-0.05, 0) is 58.1 Å². The summed E-state index contributed by atoms with van der Waals surface area (Å²) < 4.78 is 23.1. The maximum Gasteiger partial charge on any atom is 0.263 e. The van der Waals surface area contributed by atoms with Gasteiger partial charge in [-0.25, -0.2) is 0 Å². The minimum atomic E-state index is -0.253. The molecule has 6 nitrogen and oxygen atoms in total. The normalized spacial score (nSPS) is 10.8. The zero-order chi connectivity index (χ0) is 26.0. The standard InChI is InChI=1S/C29H28BrNO5/c1-17-10-12-18(13-11-17)25-19-8-7-9-22(20(19)16-24(34-4)28(25)36-6)31(2)29(32)26-21(30)14-15-23(33-3)27(26)35-5/h7-16H,1-6H3. The molecule has 4 aromatic rings. The number of aryl methyl sites for hydroxylation is 1. The van der Waals surface area contributed by atoms with Gasteiger partial charge in [0.1, 0.15) is 0 Å². The van der Waals surface area contributed by atoms with E-state index in [1.54, 1.807) is 45.4 Å². The molecular formula is C29H28BrNO5. The van der Waals surface area contributed by atoms with Gasteiger partial charge in [0.05, 0.1) is 39.7 Å². The summed E-state index contributed by atoms with van der Waals surface area (Å²) in [6.45, 7) is 2.05. The first-order chi connectivity index (χ1) is 17.4. The molecule has 4 rings (SSSR count). The van der Waals surface area contributed by atoms with Crippen LogP contribution in [0.25, 0.3) is 21.9 Å². The van der Waals surface area contributed by atoms with Crippen LogP contribution in [0.1, 0.15) is 15.9 Å². The smallest absolute Gasteiger partial charge is 0.263 e. The molecule has 0 spiro atoms. The summed E-state index contributed by atoms with van der Waals surface area (Å²) in [6.07, 6.45) is 0. The van der Waals surface area contributed by atoms with Crippen molar-refractivity contribution in [3.05, 3.63) is 76.3 Å². The molecule has 0 atom stereocenters. The molecule has 4 aromatic carbocycles. The molecule has 0 aliphatic rings. The van der Waals surface area contributed by atoms with Crippen LogP contribution in [0.3, 0.4) is 0 Å². The molecule has 0 N–H and O–H groups in total. The fraction of sp³-hybridized carbons (Fsp3) is 0.207. The number of carbonyl (C=O) groups is 1. The van der Waals surface area contributed by atoms with Gasteiger partial charge in [-0.2, -0.15) is 0 Å². The lowest BCUT2D eigenvalue weighted by atomic mass is 9.94. The number of ether oxygens (including phenoxy) is 4. The summed E-state index contributed by atoms with van der Waals surface area (Å²) in [5.41, 5.74) is 4.13. The molecule has 0 heterocycles. The van der Waals surface area contributed by atoms with Crippen molar-refractivity contribution in [2.75, 3.05) is 40.4 Å². The highest BCUT2D eigenvalue weighted by Gasteiger charge is 2.26. The molecule has 186 valence electrons. The first-order valence-corrected chi connectivity index (χ1v) is 12.1. The zero-order valence-corrected chi connectivity index (χ0v) is 22.7. The lowest BCUT2D eigenvalue weighted by Crippen LogP contribution is -2.27. The van der Waals surface area contributed by atoms with Crippen LogP contribution < -0.4 is 23.8 Å². The maximum atomic E-state index is 13.8. The number of nitrogens with zero attached hydrogens (tertiary/aromatic N) is 1. The van der Waals surface area contributed by atoms with Crippen LogP contribution in [0.2, 0.25) is 0 Å². The summed E-state index contributed by atoms with van der Waals surface area (Å²) in [6, 6.07) is 19.5. The molecule has 1 amide bonds. The van der Waals surface area contributed by atoms with Gasteiger partial charge in [-0.3, -0.25) is 4.79 Å². The molecule has 0 fully saturated rings. The quantitative estimate of drug-likeness (QED) is 0.251. The fourth-order valence-corrected chi connectivity index (χ4v) is 4.88. The monoisotopic (exact) mass is 549 g/mol.